The summed E-state index contributed by atoms with van der Waals surface area (Å²) in [6.07, 6.45) is 2.37. The van der Waals surface area contributed by atoms with E-state index in [4.69, 9.17) is 5.73 Å². The van der Waals surface area contributed by atoms with Crippen LogP contribution in [0.2, 0.25) is 0 Å². The standard InChI is InChI=1S/C15H24N2O/c1-15(2,3)10-8-14(18)17-11-9-12-4-6-13(16)7-5-12/h4-7H,8-11,16H2,1-3H3,(H,17,18). The van der Waals surface area contributed by atoms with Gasteiger partial charge in [0, 0.05) is 18.7 Å². The van der Waals surface area contributed by atoms with Crippen LogP contribution >= 0.6 is 0 Å². The van der Waals surface area contributed by atoms with Crippen LogP contribution in [-0.4, -0.2) is 12.5 Å². The molecule has 1 amide bonds. The molecular formula is C15H24N2O. The van der Waals surface area contributed by atoms with Gasteiger partial charge >= 0.3 is 0 Å². The first-order valence-electron chi connectivity index (χ1n) is 6.48. The van der Waals surface area contributed by atoms with Crippen LogP contribution in [0.3, 0.4) is 0 Å². The van der Waals surface area contributed by atoms with Crippen LogP contribution in [0.5, 0.6) is 0 Å². The Morgan fingerprint density at radius 3 is 2.39 bits per heavy atom. The molecule has 3 N–H and O–H groups in total. The smallest absolute Gasteiger partial charge is 0.220 e. The molecule has 1 rings (SSSR count). The van der Waals surface area contributed by atoms with Gasteiger partial charge in [-0.25, -0.2) is 0 Å². The molecule has 0 radical (unpaired) electrons. The fourth-order valence-electron chi connectivity index (χ4n) is 1.61. The molecule has 0 bridgehead atoms. The van der Waals surface area contributed by atoms with E-state index in [1.54, 1.807) is 0 Å². The minimum atomic E-state index is 0.139. The third-order valence-corrected chi connectivity index (χ3v) is 2.82. The van der Waals surface area contributed by atoms with Gasteiger partial charge in [0.1, 0.15) is 0 Å². The van der Waals surface area contributed by atoms with Crippen molar-refractivity contribution >= 4 is 11.6 Å². The number of benzene rings is 1. The maximum absolute atomic E-state index is 11.6. The number of nitrogen functional groups attached to an aromatic ring is 1. The summed E-state index contributed by atoms with van der Waals surface area (Å²) in [6.45, 7) is 7.13. The van der Waals surface area contributed by atoms with Crippen LogP contribution in [0.25, 0.3) is 0 Å². The summed E-state index contributed by atoms with van der Waals surface area (Å²) in [5.74, 6) is 0.139. The maximum Gasteiger partial charge on any atom is 0.220 e. The summed E-state index contributed by atoms with van der Waals surface area (Å²) in [5, 5.41) is 2.95. The number of nitrogens with one attached hydrogen (secondary N) is 1. The van der Waals surface area contributed by atoms with Crippen LogP contribution in [0.15, 0.2) is 24.3 Å². The first kappa shape index (κ1) is 14.6. The molecule has 100 valence electrons. The largest absolute Gasteiger partial charge is 0.399 e. The lowest BCUT2D eigenvalue weighted by Crippen LogP contribution is -2.26. The average molecular weight is 248 g/mol. The molecule has 0 aliphatic heterocycles. The Bertz CT molecular complexity index is 376. The van der Waals surface area contributed by atoms with Crippen molar-refractivity contribution in [2.24, 2.45) is 5.41 Å². The number of amides is 1. The van der Waals surface area contributed by atoms with Crippen molar-refractivity contribution in [1.82, 2.24) is 5.32 Å². The Morgan fingerprint density at radius 1 is 1.22 bits per heavy atom. The lowest BCUT2D eigenvalue weighted by atomic mass is 9.90. The Hall–Kier alpha value is -1.51. The molecule has 0 fully saturated rings. The van der Waals surface area contributed by atoms with E-state index in [1.165, 1.54) is 5.56 Å². The van der Waals surface area contributed by atoms with E-state index >= 15 is 0 Å². The highest BCUT2D eigenvalue weighted by atomic mass is 16.1. The van der Waals surface area contributed by atoms with Crippen LogP contribution < -0.4 is 11.1 Å². The molecule has 0 unspecified atom stereocenters. The SMILES string of the molecule is CC(C)(C)CCC(=O)NCCc1ccc(N)cc1. The summed E-state index contributed by atoms with van der Waals surface area (Å²) in [5.41, 5.74) is 7.80. The number of anilines is 1. The second kappa shape index (κ2) is 6.43. The van der Waals surface area contributed by atoms with Gasteiger partial charge in [0.15, 0.2) is 0 Å². The molecule has 0 heterocycles. The van der Waals surface area contributed by atoms with Crippen LogP contribution in [0, 0.1) is 5.41 Å². The van der Waals surface area contributed by atoms with Crippen LogP contribution in [0.4, 0.5) is 5.69 Å². The van der Waals surface area contributed by atoms with Crippen LogP contribution in [0.1, 0.15) is 39.2 Å². The highest BCUT2D eigenvalue weighted by Crippen LogP contribution is 2.20. The highest BCUT2D eigenvalue weighted by Gasteiger charge is 2.12. The zero-order valence-corrected chi connectivity index (χ0v) is 11.6. The Balaban J connectivity index is 2.21. The second-order valence-electron chi connectivity index (χ2n) is 5.90. The summed E-state index contributed by atoms with van der Waals surface area (Å²) in [6, 6.07) is 7.76. The molecule has 0 saturated carbocycles. The topological polar surface area (TPSA) is 55.1 Å². The minimum absolute atomic E-state index is 0.139. The third-order valence-electron chi connectivity index (χ3n) is 2.82. The monoisotopic (exact) mass is 248 g/mol. The summed E-state index contributed by atoms with van der Waals surface area (Å²) in [4.78, 5) is 11.6. The predicted molar refractivity (Wildman–Crippen MR) is 76.3 cm³/mol. The molecule has 0 spiro atoms. The van der Waals surface area contributed by atoms with Gasteiger partial charge in [-0.2, -0.15) is 0 Å². The number of hydrogen-bond acceptors (Lipinski definition) is 2. The van der Waals surface area contributed by atoms with Gasteiger partial charge in [-0.05, 0) is 36.0 Å². The van der Waals surface area contributed by atoms with E-state index in [0.29, 0.717) is 13.0 Å². The molecule has 0 saturated heterocycles. The van der Waals surface area contributed by atoms with Gasteiger partial charge in [-0.15, -0.1) is 0 Å². The first-order chi connectivity index (χ1) is 8.37. The van der Waals surface area contributed by atoms with E-state index in [-0.39, 0.29) is 11.3 Å². The predicted octanol–water partition coefficient (Wildman–Crippen LogP) is 2.75. The Morgan fingerprint density at radius 2 is 1.83 bits per heavy atom. The van der Waals surface area contributed by atoms with E-state index in [9.17, 15) is 4.79 Å². The van der Waals surface area contributed by atoms with Gasteiger partial charge in [-0.1, -0.05) is 32.9 Å². The van der Waals surface area contributed by atoms with Crippen molar-refractivity contribution in [1.29, 1.82) is 0 Å². The zero-order chi connectivity index (χ0) is 13.6. The quantitative estimate of drug-likeness (QED) is 0.787. The van der Waals surface area contributed by atoms with Crippen molar-refractivity contribution in [2.75, 3.05) is 12.3 Å². The number of hydrogen-bond donors (Lipinski definition) is 2. The molecule has 0 aromatic heterocycles. The van der Waals surface area contributed by atoms with Crippen molar-refractivity contribution < 1.29 is 4.79 Å². The lowest BCUT2D eigenvalue weighted by Gasteiger charge is -2.17. The zero-order valence-electron chi connectivity index (χ0n) is 11.6. The van der Waals surface area contributed by atoms with Crippen molar-refractivity contribution in [3.05, 3.63) is 29.8 Å². The Kier molecular flexibility index (Phi) is 5.20. The van der Waals surface area contributed by atoms with Gasteiger partial charge < -0.3 is 11.1 Å². The lowest BCUT2D eigenvalue weighted by molar-refractivity contribution is -0.121. The van der Waals surface area contributed by atoms with Gasteiger partial charge in [0.2, 0.25) is 5.91 Å². The molecule has 3 nitrogen and oxygen atoms in total. The van der Waals surface area contributed by atoms with Gasteiger partial charge in [-0.3, -0.25) is 4.79 Å². The second-order valence-corrected chi connectivity index (χ2v) is 5.90. The first-order valence-corrected chi connectivity index (χ1v) is 6.48. The number of carbonyl (C=O) groups is 1. The van der Waals surface area contributed by atoms with E-state index in [2.05, 4.69) is 26.1 Å². The maximum atomic E-state index is 11.6. The molecule has 1 aromatic rings. The molecular weight excluding hydrogens is 224 g/mol. The third kappa shape index (κ3) is 6.28. The van der Waals surface area contributed by atoms with Gasteiger partial charge in [0.05, 0.1) is 0 Å². The molecule has 0 aliphatic carbocycles. The van der Waals surface area contributed by atoms with Crippen molar-refractivity contribution in [3.63, 3.8) is 0 Å². The fraction of sp³-hybridized carbons (Fsp3) is 0.533. The molecule has 0 aliphatic rings. The highest BCUT2D eigenvalue weighted by molar-refractivity contribution is 5.75. The number of nitrogens with two attached hydrogens (primary N) is 1. The van der Waals surface area contributed by atoms with E-state index in [0.717, 1.165) is 18.5 Å². The van der Waals surface area contributed by atoms with Crippen molar-refractivity contribution in [2.45, 2.75) is 40.0 Å². The number of rotatable bonds is 5. The van der Waals surface area contributed by atoms with Crippen LogP contribution in [-0.2, 0) is 11.2 Å². The van der Waals surface area contributed by atoms with E-state index in [1.807, 2.05) is 24.3 Å². The summed E-state index contributed by atoms with van der Waals surface area (Å²) >= 11 is 0. The average Bonchev–Trinajstić information content (AvgIpc) is 2.28. The summed E-state index contributed by atoms with van der Waals surface area (Å²) < 4.78 is 0. The molecule has 18 heavy (non-hydrogen) atoms. The van der Waals surface area contributed by atoms with Gasteiger partial charge in [0.25, 0.3) is 0 Å². The molecule has 1 aromatic carbocycles. The number of carbonyl (C=O) groups excluding carboxylic acids is 1. The molecule has 0 atom stereocenters. The van der Waals surface area contributed by atoms with Crippen molar-refractivity contribution in [3.8, 4) is 0 Å². The normalized spacial score (nSPS) is 11.3. The molecule has 3 heteroatoms. The van der Waals surface area contributed by atoms with E-state index < -0.39 is 0 Å². The fourth-order valence-corrected chi connectivity index (χ4v) is 1.61. The summed E-state index contributed by atoms with van der Waals surface area (Å²) in [7, 11) is 0. The minimum Gasteiger partial charge on any atom is -0.399 e. The Labute approximate surface area is 110 Å².